The van der Waals surface area contributed by atoms with Crippen molar-refractivity contribution in [1.82, 2.24) is 9.21 Å². The van der Waals surface area contributed by atoms with Crippen LogP contribution in [0.3, 0.4) is 0 Å². The van der Waals surface area contributed by atoms with E-state index >= 15 is 0 Å². The van der Waals surface area contributed by atoms with Crippen molar-refractivity contribution in [2.75, 3.05) is 33.7 Å². The highest BCUT2D eigenvalue weighted by Crippen LogP contribution is 2.26. The Labute approximate surface area is 125 Å². The van der Waals surface area contributed by atoms with Gasteiger partial charge in [0.1, 0.15) is 4.21 Å². The van der Waals surface area contributed by atoms with E-state index in [9.17, 15) is 8.42 Å². The average Bonchev–Trinajstić information content (AvgIpc) is 2.90. The molecule has 2 rings (SSSR count). The summed E-state index contributed by atoms with van der Waals surface area (Å²) in [5.41, 5.74) is 5.54. The van der Waals surface area contributed by atoms with E-state index < -0.39 is 10.0 Å². The minimum Gasteiger partial charge on any atom is -0.326 e. The van der Waals surface area contributed by atoms with Crippen molar-refractivity contribution in [3.8, 4) is 0 Å². The van der Waals surface area contributed by atoms with Crippen LogP contribution in [-0.2, 0) is 16.6 Å². The molecule has 2 heterocycles. The van der Waals surface area contributed by atoms with E-state index in [1.807, 2.05) is 0 Å². The summed E-state index contributed by atoms with van der Waals surface area (Å²) in [4.78, 5) is 3.19. The fraction of sp³-hybridized carbons (Fsp3) is 0.692. The highest BCUT2D eigenvalue weighted by molar-refractivity contribution is 7.91. The van der Waals surface area contributed by atoms with Gasteiger partial charge in [-0.05, 0) is 51.0 Å². The van der Waals surface area contributed by atoms with Crippen LogP contribution in [0.15, 0.2) is 16.3 Å². The molecule has 0 aromatic carbocycles. The molecule has 0 radical (unpaired) electrons. The third kappa shape index (κ3) is 3.59. The lowest BCUT2D eigenvalue weighted by Gasteiger charge is -2.31. The van der Waals surface area contributed by atoms with Gasteiger partial charge in [0.15, 0.2) is 0 Å². The van der Waals surface area contributed by atoms with Crippen molar-refractivity contribution in [1.29, 1.82) is 0 Å². The van der Waals surface area contributed by atoms with Gasteiger partial charge < -0.3 is 10.6 Å². The first-order chi connectivity index (χ1) is 9.43. The van der Waals surface area contributed by atoms with Gasteiger partial charge in [0.2, 0.25) is 0 Å². The molecule has 0 atom stereocenters. The van der Waals surface area contributed by atoms with E-state index in [0.29, 0.717) is 23.2 Å². The maximum Gasteiger partial charge on any atom is 0.252 e. The van der Waals surface area contributed by atoms with Crippen LogP contribution >= 0.6 is 11.3 Å². The lowest BCUT2D eigenvalue weighted by atomic mass is 9.97. The molecule has 0 amide bonds. The summed E-state index contributed by atoms with van der Waals surface area (Å²) in [6.45, 7) is 3.09. The third-order valence-electron chi connectivity index (χ3n) is 3.86. The van der Waals surface area contributed by atoms with Crippen molar-refractivity contribution >= 4 is 21.4 Å². The molecule has 1 saturated heterocycles. The van der Waals surface area contributed by atoms with Crippen LogP contribution in [0.4, 0.5) is 0 Å². The van der Waals surface area contributed by atoms with E-state index in [4.69, 9.17) is 5.73 Å². The zero-order valence-electron chi connectivity index (χ0n) is 12.1. The minimum atomic E-state index is -3.36. The first kappa shape index (κ1) is 15.9. The zero-order valence-corrected chi connectivity index (χ0v) is 13.7. The number of hydrogen-bond donors (Lipinski definition) is 1. The smallest absolute Gasteiger partial charge is 0.252 e. The fourth-order valence-electron chi connectivity index (χ4n) is 2.47. The molecule has 0 saturated carbocycles. The summed E-state index contributed by atoms with van der Waals surface area (Å²) in [5.74, 6) is 0.458. The van der Waals surface area contributed by atoms with Crippen LogP contribution in [0.1, 0.15) is 17.7 Å². The number of hydrogen-bond acceptors (Lipinski definition) is 5. The number of nitrogens with two attached hydrogens (primary N) is 1. The maximum absolute atomic E-state index is 12.5. The Morgan fingerprint density at radius 3 is 2.60 bits per heavy atom. The van der Waals surface area contributed by atoms with Crippen molar-refractivity contribution < 1.29 is 8.42 Å². The lowest BCUT2D eigenvalue weighted by molar-refractivity contribution is 0.202. The summed E-state index contributed by atoms with van der Waals surface area (Å²) >= 11 is 1.27. The van der Waals surface area contributed by atoms with Crippen LogP contribution in [0.5, 0.6) is 0 Å². The summed E-state index contributed by atoms with van der Waals surface area (Å²) in [6.07, 6.45) is 2.13. The molecule has 0 aliphatic carbocycles. The Morgan fingerprint density at radius 1 is 1.40 bits per heavy atom. The first-order valence-corrected chi connectivity index (χ1v) is 9.13. The molecule has 5 nitrogen and oxygen atoms in total. The quantitative estimate of drug-likeness (QED) is 0.885. The fourth-order valence-corrected chi connectivity index (χ4v) is 5.16. The standard InChI is InChI=1S/C13H23N3O2S2/c1-15-7-5-11(6-8-15)10-16(2)20(17,18)13-4-3-12(9-14)19-13/h3-4,11H,5-10,14H2,1-2H3. The van der Waals surface area contributed by atoms with E-state index in [-0.39, 0.29) is 0 Å². The molecule has 1 aromatic heterocycles. The maximum atomic E-state index is 12.5. The Hall–Kier alpha value is -0.470. The van der Waals surface area contributed by atoms with Crippen molar-refractivity contribution in [3.05, 3.63) is 17.0 Å². The number of nitrogens with zero attached hydrogens (tertiary/aromatic N) is 2. The number of likely N-dealkylation sites (tertiary alicyclic amines) is 1. The van der Waals surface area contributed by atoms with Gasteiger partial charge in [-0.15, -0.1) is 11.3 Å². The third-order valence-corrected chi connectivity index (χ3v) is 7.25. The Bertz CT molecular complexity index is 534. The largest absolute Gasteiger partial charge is 0.326 e. The van der Waals surface area contributed by atoms with E-state index in [0.717, 1.165) is 30.8 Å². The number of thiophene rings is 1. The molecular weight excluding hydrogens is 294 g/mol. The second-order valence-corrected chi connectivity index (χ2v) is 8.90. The Kier molecular flexibility index (Phi) is 5.19. The molecule has 7 heteroatoms. The molecule has 20 heavy (non-hydrogen) atoms. The highest BCUT2D eigenvalue weighted by atomic mass is 32.2. The van der Waals surface area contributed by atoms with Crippen LogP contribution in [0.25, 0.3) is 0 Å². The van der Waals surface area contributed by atoms with E-state index in [1.54, 1.807) is 19.2 Å². The molecule has 1 aliphatic heterocycles. The number of rotatable bonds is 5. The van der Waals surface area contributed by atoms with Crippen LogP contribution in [0, 0.1) is 5.92 Å². The molecule has 114 valence electrons. The van der Waals surface area contributed by atoms with Gasteiger partial charge in [0, 0.05) is 25.0 Å². The minimum absolute atomic E-state index is 0.388. The first-order valence-electron chi connectivity index (χ1n) is 6.87. The molecule has 2 N–H and O–H groups in total. The molecular formula is C13H23N3O2S2. The Morgan fingerprint density at radius 2 is 2.05 bits per heavy atom. The SMILES string of the molecule is CN1CCC(CN(C)S(=O)(=O)c2ccc(CN)s2)CC1. The van der Waals surface area contributed by atoms with Gasteiger partial charge in [0.05, 0.1) is 0 Å². The van der Waals surface area contributed by atoms with Crippen molar-refractivity contribution in [2.45, 2.75) is 23.6 Å². The molecule has 0 spiro atoms. The molecule has 1 fully saturated rings. The highest BCUT2D eigenvalue weighted by Gasteiger charge is 2.26. The second kappa shape index (κ2) is 6.53. The van der Waals surface area contributed by atoms with Crippen LogP contribution in [-0.4, -0.2) is 51.4 Å². The molecule has 1 aromatic rings. The molecule has 0 bridgehead atoms. The van der Waals surface area contributed by atoms with Gasteiger partial charge in [-0.1, -0.05) is 0 Å². The lowest BCUT2D eigenvalue weighted by Crippen LogP contribution is -2.37. The van der Waals surface area contributed by atoms with Gasteiger partial charge in [-0.25, -0.2) is 8.42 Å². The predicted octanol–water partition coefficient (Wildman–Crippen LogP) is 1.17. The van der Waals surface area contributed by atoms with E-state index in [2.05, 4.69) is 11.9 Å². The average molecular weight is 317 g/mol. The van der Waals surface area contributed by atoms with Gasteiger partial charge in [-0.2, -0.15) is 4.31 Å². The summed E-state index contributed by atoms with van der Waals surface area (Å²) in [6, 6.07) is 3.45. The second-order valence-electron chi connectivity index (χ2n) is 5.46. The number of piperidine rings is 1. The molecule has 1 aliphatic rings. The molecule has 0 unspecified atom stereocenters. The van der Waals surface area contributed by atoms with Crippen molar-refractivity contribution in [3.63, 3.8) is 0 Å². The van der Waals surface area contributed by atoms with E-state index in [1.165, 1.54) is 15.6 Å². The van der Waals surface area contributed by atoms with Crippen molar-refractivity contribution in [2.24, 2.45) is 11.7 Å². The predicted molar refractivity (Wildman–Crippen MR) is 82.2 cm³/mol. The Balaban J connectivity index is 2.01. The van der Waals surface area contributed by atoms with Crippen LogP contribution in [0.2, 0.25) is 0 Å². The van der Waals surface area contributed by atoms with Gasteiger partial charge >= 0.3 is 0 Å². The summed E-state index contributed by atoms with van der Waals surface area (Å²) < 4.78 is 26.9. The van der Waals surface area contributed by atoms with Gasteiger partial charge in [-0.3, -0.25) is 0 Å². The summed E-state index contributed by atoms with van der Waals surface area (Å²) in [7, 11) is 0.425. The topological polar surface area (TPSA) is 66.6 Å². The summed E-state index contributed by atoms with van der Waals surface area (Å²) in [5, 5.41) is 0. The number of sulfonamides is 1. The van der Waals surface area contributed by atoms with Gasteiger partial charge in [0.25, 0.3) is 10.0 Å². The monoisotopic (exact) mass is 317 g/mol. The van der Waals surface area contributed by atoms with Crippen LogP contribution < -0.4 is 5.73 Å². The zero-order chi connectivity index (χ0) is 14.8. The normalized spacial score (nSPS) is 18.8.